The molecule has 178 valence electrons. The van der Waals surface area contributed by atoms with Gasteiger partial charge in [0.25, 0.3) is 0 Å². The zero-order valence-electron chi connectivity index (χ0n) is 17.4. The Morgan fingerprint density at radius 3 is 2.45 bits per heavy atom. The second-order valence-corrected chi connectivity index (χ2v) is 7.75. The monoisotopic (exact) mass is 470 g/mol. The lowest BCUT2D eigenvalue weighted by molar-refractivity contribution is -0.193. The molecule has 33 heavy (non-hydrogen) atoms. The predicted molar refractivity (Wildman–Crippen MR) is 107 cm³/mol. The molecule has 4 rings (SSSR count). The van der Waals surface area contributed by atoms with E-state index >= 15 is 0 Å². The molecule has 2 aliphatic rings. The van der Waals surface area contributed by atoms with Gasteiger partial charge in [-0.15, -0.1) is 0 Å². The highest BCUT2D eigenvalue weighted by Gasteiger charge is 2.49. The van der Waals surface area contributed by atoms with Gasteiger partial charge < -0.3 is 19.5 Å². The van der Waals surface area contributed by atoms with E-state index < -0.39 is 12.1 Å². The van der Waals surface area contributed by atoms with Crippen molar-refractivity contribution in [3.05, 3.63) is 60.0 Å². The Hall–Kier alpha value is -3.21. The number of hydrogen-bond acceptors (Lipinski definition) is 5. The summed E-state index contributed by atoms with van der Waals surface area (Å²) < 4.78 is 57.4. The van der Waals surface area contributed by atoms with Gasteiger partial charge in [0.2, 0.25) is 11.8 Å². The third kappa shape index (κ3) is 6.64. The van der Waals surface area contributed by atoms with Gasteiger partial charge in [-0.05, 0) is 17.7 Å². The Morgan fingerprint density at radius 2 is 1.85 bits per heavy atom. The molecule has 1 atom stereocenters. The zero-order valence-corrected chi connectivity index (χ0v) is 17.4. The molecular formula is C22H22F4N2O5. The van der Waals surface area contributed by atoms with Crippen molar-refractivity contribution in [1.29, 1.82) is 0 Å². The maximum absolute atomic E-state index is 13.7. The van der Waals surface area contributed by atoms with Crippen molar-refractivity contribution in [2.45, 2.75) is 37.1 Å². The molecule has 3 heterocycles. The summed E-state index contributed by atoms with van der Waals surface area (Å²) in [6.07, 6.45) is -1.73. The van der Waals surface area contributed by atoms with E-state index in [1.165, 1.54) is 6.07 Å². The molecule has 2 aliphatic heterocycles. The molecule has 2 fully saturated rings. The largest absolute Gasteiger partial charge is 0.490 e. The second-order valence-electron chi connectivity index (χ2n) is 7.75. The fraction of sp³-hybridized carbons (Fsp3) is 0.409. The van der Waals surface area contributed by atoms with Gasteiger partial charge in [0.15, 0.2) is 0 Å². The van der Waals surface area contributed by atoms with Gasteiger partial charge in [-0.1, -0.05) is 24.3 Å². The number of nitrogens with zero attached hydrogens (tertiary/aromatic N) is 2. The minimum atomic E-state index is -5.08. The van der Waals surface area contributed by atoms with Crippen molar-refractivity contribution in [2.75, 3.05) is 19.7 Å². The first kappa shape index (κ1) is 24.4. The molecule has 1 aromatic carbocycles. The van der Waals surface area contributed by atoms with Crippen LogP contribution in [0.5, 0.6) is 5.88 Å². The molecule has 2 saturated heterocycles. The van der Waals surface area contributed by atoms with E-state index in [1.807, 2.05) is 18.2 Å². The minimum Gasteiger partial charge on any atom is -0.475 e. The topological polar surface area (TPSA) is 89.0 Å². The Labute approximate surface area is 186 Å². The predicted octanol–water partition coefficient (Wildman–Crippen LogP) is 3.24. The summed E-state index contributed by atoms with van der Waals surface area (Å²) in [7, 11) is 0. The van der Waals surface area contributed by atoms with E-state index in [0.29, 0.717) is 31.1 Å². The molecular weight excluding hydrogens is 448 g/mol. The highest BCUT2D eigenvalue weighted by Crippen LogP contribution is 2.36. The van der Waals surface area contributed by atoms with Crippen LogP contribution in [0, 0.1) is 5.82 Å². The Balaban J connectivity index is 0.000000383. The summed E-state index contributed by atoms with van der Waals surface area (Å²) in [6, 6.07) is 12.0. The van der Waals surface area contributed by atoms with Crippen molar-refractivity contribution in [2.24, 2.45) is 0 Å². The van der Waals surface area contributed by atoms with Crippen LogP contribution in [0.4, 0.5) is 17.6 Å². The van der Waals surface area contributed by atoms with Gasteiger partial charge in [-0.2, -0.15) is 13.2 Å². The third-order valence-corrected chi connectivity index (χ3v) is 5.23. The number of alkyl halides is 3. The van der Waals surface area contributed by atoms with Gasteiger partial charge in [0.05, 0.1) is 26.1 Å². The van der Waals surface area contributed by atoms with Crippen molar-refractivity contribution < 1.29 is 41.7 Å². The number of carbonyl (C=O) groups excluding carboxylic acids is 1. The van der Waals surface area contributed by atoms with E-state index in [9.17, 15) is 22.4 Å². The minimum absolute atomic E-state index is 0.0301. The summed E-state index contributed by atoms with van der Waals surface area (Å²) in [5.41, 5.74) is 0.0853. The van der Waals surface area contributed by atoms with Crippen LogP contribution in [0.25, 0.3) is 0 Å². The molecule has 1 aromatic heterocycles. The molecule has 11 heteroatoms. The van der Waals surface area contributed by atoms with Gasteiger partial charge in [0.1, 0.15) is 17.5 Å². The number of benzene rings is 1. The standard InChI is InChI=1S/C20H21FN2O3.C2HF3O2/c21-17-6-2-1-5-15(17)11-19(24)23-13-20(14-23)12-16(8-10-25-20)26-18-7-3-4-9-22-18;3-2(4,5)1(6)7/h1-7,9,16H,8,10-14H2;(H,6,7). The molecule has 1 unspecified atom stereocenters. The van der Waals surface area contributed by atoms with Crippen LogP contribution in [-0.4, -0.2) is 64.4 Å². The molecule has 0 saturated carbocycles. The smallest absolute Gasteiger partial charge is 0.475 e. The third-order valence-electron chi connectivity index (χ3n) is 5.23. The molecule has 0 radical (unpaired) electrons. The number of pyridine rings is 1. The van der Waals surface area contributed by atoms with Crippen molar-refractivity contribution in [1.82, 2.24) is 9.88 Å². The summed E-state index contributed by atoms with van der Waals surface area (Å²) in [5.74, 6) is -2.56. The van der Waals surface area contributed by atoms with Gasteiger partial charge in [-0.25, -0.2) is 14.2 Å². The molecule has 0 bridgehead atoms. The van der Waals surface area contributed by atoms with Crippen molar-refractivity contribution in [3.63, 3.8) is 0 Å². The van der Waals surface area contributed by atoms with Crippen LogP contribution in [0.15, 0.2) is 48.7 Å². The van der Waals surface area contributed by atoms with Crippen LogP contribution < -0.4 is 4.74 Å². The number of rotatable bonds is 4. The molecule has 0 aliphatic carbocycles. The number of likely N-dealkylation sites (tertiary alicyclic amines) is 1. The number of amides is 1. The fourth-order valence-electron chi connectivity index (χ4n) is 3.63. The lowest BCUT2D eigenvalue weighted by Gasteiger charge is -2.52. The summed E-state index contributed by atoms with van der Waals surface area (Å²) in [4.78, 5) is 27.2. The summed E-state index contributed by atoms with van der Waals surface area (Å²) in [6.45, 7) is 1.66. The van der Waals surface area contributed by atoms with E-state index in [4.69, 9.17) is 19.4 Å². The number of halogens is 4. The number of carbonyl (C=O) groups is 2. The van der Waals surface area contributed by atoms with E-state index in [0.717, 1.165) is 12.8 Å². The highest BCUT2D eigenvalue weighted by atomic mass is 19.4. The first-order valence-corrected chi connectivity index (χ1v) is 10.1. The SMILES string of the molecule is O=C(Cc1ccccc1F)N1CC2(CC(Oc3ccccn3)CCO2)C1.O=C(O)C(F)(F)F. The van der Waals surface area contributed by atoms with Crippen LogP contribution in [0.2, 0.25) is 0 Å². The Bertz CT molecular complexity index is 965. The van der Waals surface area contributed by atoms with Gasteiger partial charge >= 0.3 is 12.1 Å². The maximum atomic E-state index is 13.7. The number of carboxylic acid groups (broad SMARTS) is 1. The first-order chi connectivity index (χ1) is 15.6. The van der Waals surface area contributed by atoms with Crippen LogP contribution in [-0.2, 0) is 20.7 Å². The molecule has 7 nitrogen and oxygen atoms in total. The highest BCUT2D eigenvalue weighted by molar-refractivity contribution is 5.80. The quantitative estimate of drug-likeness (QED) is 0.691. The zero-order chi connectivity index (χ0) is 24.1. The maximum Gasteiger partial charge on any atom is 0.490 e. The van der Waals surface area contributed by atoms with E-state index in [1.54, 1.807) is 29.3 Å². The van der Waals surface area contributed by atoms with Gasteiger partial charge in [-0.3, -0.25) is 4.79 Å². The molecule has 1 amide bonds. The number of ether oxygens (including phenoxy) is 2. The summed E-state index contributed by atoms with van der Waals surface area (Å²) in [5, 5.41) is 7.12. The van der Waals surface area contributed by atoms with Crippen molar-refractivity contribution >= 4 is 11.9 Å². The van der Waals surface area contributed by atoms with Crippen LogP contribution in [0.1, 0.15) is 18.4 Å². The lowest BCUT2D eigenvalue weighted by atomic mass is 9.84. The fourth-order valence-corrected chi connectivity index (χ4v) is 3.63. The average molecular weight is 470 g/mol. The average Bonchev–Trinajstić information content (AvgIpc) is 2.74. The molecule has 2 aromatic rings. The number of hydrogen-bond donors (Lipinski definition) is 1. The lowest BCUT2D eigenvalue weighted by Crippen LogP contribution is -2.67. The Kier molecular flexibility index (Phi) is 7.52. The van der Waals surface area contributed by atoms with E-state index in [-0.39, 0.29) is 29.9 Å². The molecule has 1 spiro atoms. The number of aliphatic carboxylic acids is 1. The summed E-state index contributed by atoms with van der Waals surface area (Å²) >= 11 is 0. The molecule has 1 N–H and O–H groups in total. The van der Waals surface area contributed by atoms with Crippen LogP contribution in [0.3, 0.4) is 0 Å². The second kappa shape index (κ2) is 10.2. The van der Waals surface area contributed by atoms with Gasteiger partial charge in [0, 0.05) is 25.1 Å². The number of carboxylic acids is 1. The first-order valence-electron chi connectivity index (χ1n) is 10.1. The normalized spacial score (nSPS) is 19.2. The number of aromatic nitrogens is 1. The van der Waals surface area contributed by atoms with Crippen molar-refractivity contribution in [3.8, 4) is 5.88 Å². The Morgan fingerprint density at radius 1 is 1.18 bits per heavy atom. The van der Waals surface area contributed by atoms with Crippen LogP contribution >= 0.6 is 0 Å². The van der Waals surface area contributed by atoms with E-state index in [2.05, 4.69) is 4.98 Å².